The number of ketones is 2. The average Bonchev–Trinajstić information content (AvgIpc) is 2.95. The highest BCUT2D eigenvalue weighted by Crippen LogP contribution is 2.45. The molecule has 2 aromatic rings. The van der Waals surface area contributed by atoms with E-state index in [1.165, 1.54) is 0 Å². The number of rotatable bonds is 1. The SMILES string of the molecule is CC1(C2(C)Nc3ccccc3C2=O)Nc2ccccc2C1=O. The van der Waals surface area contributed by atoms with Gasteiger partial charge < -0.3 is 10.6 Å². The second kappa shape index (κ2) is 3.97. The Morgan fingerprint density at radius 2 is 1.05 bits per heavy atom. The zero-order valence-electron chi connectivity index (χ0n) is 12.4. The minimum atomic E-state index is -1.02. The summed E-state index contributed by atoms with van der Waals surface area (Å²) in [6, 6.07) is 14.8. The molecule has 2 aliphatic rings. The van der Waals surface area contributed by atoms with E-state index in [4.69, 9.17) is 0 Å². The Bertz CT molecular complexity index is 760. The topological polar surface area (TPSA) is 58.2 Å². The summed E-state index contributed by atoms with van der Waals surface area (Å²) in [6.07, 6.45) is 0. The van der Waals surface area contributed by atoms with Crippen LogP contribution in [0, 0.1) is 0 Å². The van der Waals surface area contributed by atoms with Gasteiger partial charge in [-0.1, -0.05) is 24.3 Å². The molecule has 110 valence electrons. The third-order valence-electron chi connectivity index (χ3n) is 5.02. The molecule has 0 fully saturated rings. The molecule has 0 radical (unpaired) electrons. The molecular formula is C18H16N2O2. The summed E-state index contributed by atoms with van der Waals surface area (Å²) in [7, 11) is 0. The molecule has 4 rings (SSSR count). The largest absolute Gasteiger partial charge is 0.370 e. The maximum atomic E-state index is 13.0. The van der Waals surface area contributed by atoms with Crippen molar-refractivity contribution in [3.05, 3.63) is 59.7 Å². The van der Waals surface area contributed by atoms with Crippen LogP contribution in [0.5, 0.6) is 0 Å². The molecule has 0 saturated carbocycles. The summed E-state index contributed by atoms with van der Waals surface area (Å²) >= 11 is 0. The highest BCUT2D eigenvalue weighted by Gasteiger charge is 2.60. The van der Waals surface area contributed by atoms with Crippen molar-refractivity contribution in [3.8, 4) is 0 Å². The van der Waals surface area contributed by atoms with Gasteiger partial charge in [-0.2, -0.15) is 0 Å². The van der Waals surface area contributed by atoms with Gasteiger partial charge in [0.25, 0.3) is 0 Å². The zero-order valence-corrected chi connectivity index (χ0v) is 12.4. The number of hydrogen-bond acceptors (Lipinski definition) is 4. The highest BCUT2D eigenvalue weighted by atomic mass is 16.1. The van der Waals surface area contributed by atoms with Crippen LogP contribution in [0.4, 0.5) is 11.4 Å². The van der Waals surface area contributed by atoms with E-state index in [0.717, 1.165) is 11.4 Å². The quantitative estimate of drug-likeness (QED) is 0.848. The summed E-state index contributed by atoms with van der Waals surface area (Å²) in [4.78, 5) is 25.9. The van der Waals surface area contributed by atoms with Gasteiger partial charge in [-0.15, -0.1) is 0 Å². The molecule has 0 bridgehead atoms. The van der Waals surface area contributed by atoms with Gasteiger partial charge in [0, 0.05) is 22.5 Å². The average molecular weight is 292 g/mol. The van der Waals surface area contributed by atoms with E-state index in [1.54, 1.807) is 26.0 Å². The maximum Gasteiger partial charge on any atom is 0.192 e. The molecule has 22 heavy (non-hydrogen) atoms. The molecule has 0 amide bonds. The van der Waals surface area contributed by atoms with Gasteiger partial charge >= 0.3 is 0 Å². The smallest absolute Gasteiger partial charge is 0.192 e. The number of nitrogens with one attached hydrogen (secondary N) is 2. The highest BCUT2D eigenvalue weighted by molar-refractivity contribution is 6.23. The third-order valence-corrected chi connectivity index (χ3v) is 5.02. The molecule has 2 aromatic carbocycles. The Morgan fingerprint density at radius 1 is 0.682 bits per heavy atom. The van der Waals surface area contributed by atoms with Crippen LogP contribution in [0.3, 0.4) is 0 Å². The maximum absolute atomic E-state index is 13.0. The first-order valence-corrected chi connectivity index (χ1v) is 7.31. The van der Waals surface area contributed by atoms with E-state index in [9.17, 15) is 9.59 Å². The molecule has 0 aliphatic carbocycles. The first kappa shape index (κ1) is 13.1. The standard InChI is InChI=1S/C18H16N2O2/c1-17(15(21)11-7-3-5-9-13(11)19-17)18(2)16(22)12-8-4-6-10-14(12)20-18/h3-10,19-20H,1-2H3. The lowest BCUT2D eigenvalue weighted by Crippen LogP contribution is -2.64. The van der Waals surface area contributed by atoms with Crippen LogP contribution in [0.1, 0.15) is 34.6 Å². The first-order valence-electron chi connectivity index (χ1n) is 7.31. The van der Waals surface area contributed by atoms with Crippen molar-refractivity contribution < 1.29 is 9.59 Å². The van der Waals surface area contributed by atoms with Crippen molar-refractivity contribution in [1.82, 2.24) is 0 Å². The first-order chi connectivity index (χ1) is 10.5. The van der Waals surface area contributed by atoms with Crippen molar-refractivity contribution >= 4 is 22.9 Å². The van der Waals surface area contributed by atoms with Crippen LogP contribution in [0.15, 0.2) is 48.5 Å². The van der Waals surface area contributed by atoms with Crippen LogP contribution in [-0.4, -0.2) is 22.6 Å². The fraction of sp³-hybridized carbons (Fsp3) is 0.222. The van der Waals surface area contributed by atoms with E-state index >= 15 is 0 Å². The predicted octanol–water partition coefficient (Wildman–Crippen LogP) is 3.12. The van der Waals surface area contributed by atoms with Crippen LogP contribution >= 0.6 is 0 Å². The van der Waals surface area contributed by atoms with E-state index in [0.29, 0.717) is 11.1 Å². The van der Waals surface area contributed by atoms with Crippen molar-refractivity contribution in [3.63, 3.8) is 0 Å². The fourth-order valence-electron chi connectivity index (χ4n) is 3.48. The van der Waals surface area contributed by atoms with Gasteiger partial charge in [-0.3, -0.25) is 9.59 Å². The van der Waals surface area contributed by atoms with Crippen LogP contribution in [0.25, 0.3) is 0 Å². The molecule has 0 saturated heterocycles. The molecule has 4 nitrogen and oxygen atoms in total. The summed E-state index contributed by atoms with van der Waals surface area (Å²) in [5.74, 6) is -0.112. The molecular weight excluding hydrogens is 276 g/mol. The van der Waals surface area contributed by atoms with Gasteiger partial charge in [0.2, 0.25) is 0 Å². The van der Waals surface area contributed by atoms with Gasteiger partial charge in [0.15, 0.2) is 11.6 Å². The van der Waals surface area contributed by atoms with Crippen LogP contribution < -0.4 is 10.6 Å². The Morgan fingerprint density at radius 3 is 1.41 bits per heavy atom. The Labute approximate surface area is 128 Å². The molecule has 2 aliphatic heterocycles. The summed E-state index contributed by atoms with van der Waals surface area (Å²) in [5.41, 5.74) is 0.789. The van der Waals surface area contributed by atoms with E-state index < -0.39 is 11.1 Å². The van der Waals surface area contributed by atoms with E-state index in [2.05, 4.69) is 10.6 Å². The number of carbonyl (C=O) groups is 2. The molecule has 2 heterocycles. The number of fused-ring (bicyclic) bond motifs is 2. The molecule has 2 atom stereocenters. The Kier molecular flexibility index (Phi) is 2.36. The lowest BCUT2D eigenvalue weighted by Gasteiger charge is -2.39. The third kappa shape index (κ3) is 1.37. The molecule has 0 aromatic heterocycles. The fourth-order valence-corrected chi connectivity index (χ4v) is 3.48. The molecule has 2 N–H and O–H groups in total. The van der Waals surface area contributed by atoms with Gasteiger partial charge in [0.05, 0.1) is 0 Å². The van der Waals surface area contributed by atoms with E-state index in [-0.39, 0.29) is 11.6 Å². The van der Waals surface area contributed by atoms with Crippen molar-refractivity contribution in [2.75, 3.05) is 10.6 Å². The van der Waals surface area contributed by atoms with Crippen molar-refractivity contribution in [1.29, 1.82) is 0 Å². The monoisotopic (exact) mass is 292 g/mol. The van der Waals surface area contributed by atoms with Crippen LogP contribution in [0.2, 0.25) is 0 Å². The van der Waals surface area contributed by atoms with Gasteiger partial charge in [-0.25, -0.2) is 0 Å². The summed E-state index contributed by atoms with van der Waals surface area (Å²) in [6.45, 7) is 3.60. The van der Waals surface area contributed by atoms with Gasteiger partial charge in [-0.05, 0) is 38.1 Å². The Hall–Kier alpha value is -2.62. The minimum Gasteiger partial charge on any atom is -0.370 e. The second-order valence-corrected chi connectivity index (χ2v) is 6.25. The number of benzene rings is 2. The molecule has 2 unspecified atom stereocenters. The summed E-state index contributed by atoms with van der Waals surface area (Å²) in [5, 5.41) is 6.55. The molecule has 4 heteroatoms. The Balaban J connectivity index is 1.84. The number of anilines is 2. The summed E-state index contributed by atoms with van der Waals surface area (Å²) < 4.78 is 0. The number of carbonyl (C=O) groups excluding carboxylic acids is 2. The number of Topliss-reactive ketones (excluding diaryl/α,β-unsaturated/α-hetero) is 2. The lowest BCUT2D eigenvalue weighted by molar-refractivity contribution is 0.0781. The van der Waals surface area contributed by atoms with Gasteiger partial charge in [0.1, 0.15) is 11.1 Å². The normalized spacial score (nSPS) is 28.8. The number of hydrogen-bond donors (Lipinski definition) is 2. The van der Waals surface area contributed by atoms with Crippen molar-refractivity contribution in [2.45, 2.75) is 24.9 Å². The van der Waals surface area contributed by atoms with Crippen molar-refractivity contribution in [2.24, 2.45) is 0 Å². The minimum absolute atomic E-state index is 0.0562. The predicted molar refractivity (Wildman–Crippen MR) is 85.6 cm³/mol. The lowest BCUT2D eigenvalue weighted by atomic mass is 9.74. The van der Waals surface area contributed by atoms with Crippen LogP contribution in [-0.2, 0) is 0 Å². The zero-order chi connectivity index (χ0) is 15.5. The number of para-hydroxylation sites is 2. The molecule has 0 spiro atoms. The van der Waals surface area contributed by atoms with E-state index in [1.807, 2.05) is 36.4 Å². The second-order valence-electron chi connectivity index (χ2n) is 6.25.